The monoisotopic (exact) mass is 309 g/mol. The van der Waals surface area contributed by atoms with E-state index in [1.807, 2.05) is 19.1 Å². The predicted octanol–water partition coefficient (Wildman–Crippen LogP) is 2.33. The lowest BCUT2D eigenvalue weighted by Crippen LogP contribution is -2.48. The highest BCUT2D eigenvalue weighted by molar-refractivity contribution is 6.30. The number of likely N-dealkylation sites (tertiary alicyclic amines) is 1. The molecule has 1 fully saturated rings. The van der Waals surface area contributed by atoms with Gasteiger partial charge in [-0.15, -0.1) is 0 Å². The van der Waals surface area contributed by atoms with Crippen molar-refractivity contribution in [1.82, 2.24) is 10.2 Å². The molecule has 1 saturated heterocycles. The molecule has 1 heterocycles. The second-order valence-electron chi connectivity index (χ2n) is 5.87. The number of nitrogens with zero attached hydrogens (tertiary/aromatic N) is 1. The van der Waals surface area contributed by atoms with E-state index in [-0.39, 0.29) is 24.0 Å². The van der Waals surface area contributed by atoms with Gasteiger partial charge in [-0.3, -0.25) is 9.69 Å². The average Bonchev–Trinajstić information content (AvgIpc) is 2.42. The van der Waals surface area contributed by atoms with Gasteiger partial charge in [0.1, 0.15) is 0 Å². The Morgan fingerprint density at radius 1 is 1.33 bits per heavy atom. The van der Waals surface area contributed by atoms with E-state index in [0.717, 1.165) is 31.0 Å². The summed E-state index contributed by atoms with van der Waals surface area (Å²) in [5.74, 6) is 0.0508. The number of nitrogens with two attached hydrogens (primary N) is 1. The topological polar surface area (TPSA) is 58.4 Å². The zero-order valence-corrected chi connectivity index (χ0v) is 13.4. The minimum atomic E-state index is 0.0449. The van der Waals surface area contributed by atoms with Gasteiger partial charge in [0.15, 0.2) is 0 Å². The van der Waals surface area contributed by atoms with Gasteiger partial charge in [0.25, 0.3) is 0 Å². The van der Waals surface area contributed by atoms with Gasteiger partial charge in [0.05, 0.1) is 0 Å². The van der Waals surface area contributed by atoms with Crippen LogP contribution in [0.2, 0.25) is 5.02 Å². The van der Waals surface area contributed by atoms with E-state index in [9.17, 15) is 4.79 Å². The second-order valence-corrected chi connectivity index (χ2v) is 6.30. The summed E-state index contributed by atoms with van der Waals surface area (Å²) < 4.78 is 0. The molecule has 1 aliphatic heterocycles. The summed E-state index contributed by atoms with van der Waals surface area (Å²) in [6.07, 6.45) is 1.94. The van der Waals surface area contributed by atoms with Crippen molar-refractivity contribution >= 4 is 17.5 Å². The van der Waals surface area contributed by atoms with E-state index in [1.165, 1.54) is 5.56 Å². The summed E-state index contributed by atoms with van der Waals surface area (Å²) in [5.41, 5.74) is 7.41. The Morgan fingerprint density at radius 2 is 1.90 bits per heavy atom. The summed E-state index contributed by atoms with van der Waals surface area (Å²) >= 11 is 5.96. The number of benzene rings is 1. The lowest BCUT2D eigenvalue weighted by Gasteiger charge is -2.39. The Hall–Kier alpha value is -1.10. The van der Waals surface area contributed by atoms with Crippen LogP contribution in [0.5, 0.6) is 0 Å². The molecule has 0 saturated carbocycles. The third-order valence-corrected chi connectivity index (χ3v) is 4.29. The van der Waals surface area contributed by atoms with Crippen LogP contribution < -0.4 is 11.1 Å². The quantitative estimate of drug-likeness (QED) is 0.897. The Labute approximate surface area is 131 Å². The largest absolute Gasteiger partial charge is 0.354 e. The molecular weight excluding hydrogens is 286 g/mol. The molecule has 5 heteroatoms. The van der Waals surface area contributed by atoms with Crippen LogP contribution in [0.4, 0.5) is 0 Å². The van der Waals surface area contributed by atoms with Crippen LogP contribution in [0.25, 0.3) is 0 Å². The number of carbonyl (C=O) groups excluding carboxylic acids is 1. The highest BCUT2D eigenvalue weighted by atomic mass is 35.5. The van der Waals surface area contributed by atoms with E-state index in [2.05, 4.69) is 22.3 Å². The number of hydrogen-bond acceptors (Lipinski definition) is 3. The van der Waals surface area contributed by atoms with Gasteiger partial charge in [-0.1, -0.05) is 23.7 Å². The second kappa shape index (κ2) is 7.25. The van der Waals surface area contributed by atoms with Crippen molar-refractivity contribution in [2.45, 2.75) is 44.8 Å². The Bertz CT molecular complexity index is 467. The smallest absolute Gasteiger partial charge is 0.217 e. The van der Waals surface area contributed by atoms with E-state index < -0.39 is 0 Å². The van der Waals surface area contributed by atoms with Crippen LogP contribution in [0.1, 0.15) is 38.3 Å². The zero-order chi connectivity index (χ0) is 15.4. The summed E-state index contributed by atoms with van der Waals surface area (Å²) in [4.78, 5) is 13.5. The van der Waals surface area contributed by atoms with Crippen molar-refractivity contribution in [2.24, 2.45) is 5.73 Å². The molecule has 0 aromatic heterocycles. The van der Waals surface area contributed by atoms with Gasteiger partial charge in [-0.2, -0.15) is 0 Å². The number of hydrogen-bond donors (Lipinski definition) is 2. The summed E-state index contributed by atoms with van der Waals surface area (Å²) in [7, 11) is 0. The van der Waals surface area contributed by atoms with Crippen LogP contribution in [-0.4, -0.2) is 36.0 Å². The van der Waals surface area contributed by atoms with E-state index >= 15 is 0 Å². The van der Waals surface area contributed by atoms with Gasteiger partial charge < -0.3 is 11.1 Å². The minimum Gasteiger partial charge on any atom is -0.354 e. The third-order valence-electron chi connectivity index (χ3n) is 4.04. The molecule has 0 spiro atoms. The van der Waals surface area contributed by atoms with Crippen molar-refractivity contribution in [3.63, 3.8) is 0 Å². The first-order chi connectivity index (χ1) is 9.97. The van der Waals surface area contributed by atoms with E-state index in [0.29, 0.717) is 0 Å². The maximum atomic E-state index is 11.1. The molecule has 2 rings (SSSR count). The van der Waals surface area contributed by atoms with Crippen LogP contribution in [0, 0.1) is 0 Å². The first-order valence-electron chi connectivity index (χ1n) is 7.49. The number of carbonyl (C=O) groups is 1. The summed E-state index contributed by atoms with van der Waals surface area (Å²) in [6.45, 7) is 5.50. The Balaban J connectivity index is 2.04. The minimum absolute atomic E-state index is 0.0449. The van der Waals surface area contributed by atoms with Crippen molar-refractivity contribution in [2.75, 3.05) is 13.1 Å². The van der Waals surface area contributed by atoms with Crippen molar-refractivity contribution in [3.8, 4) is 0 Å². The molecule has 0 radical (unpaired) electrons. The lowest BCUT2D eigenvalue weighted by molar-refractivity contribution is -0.120. The number of halogens is 1. The Kier molecular flexibility index (Phi) is 5.62. The average molecular weight is 310 g/mol. The molecule has 1 aromatic carbocycles. The normalized spacial score (nSPS) is 20.0. The predicted molar refractivity (Wildman–Crippen MR) is 86.3 cm³/mol. The SMILES string of the molecule is CC(=O)NC1CCN(C(c2ccc(Cl)cc2)C(C)N)CC1. The van der Waals surface area contributed by atoms with Crippen molar-refractivity contribution < 1.29 is 4.79 Å². The fourth-order valence-electron chi connectivity index (χ4n) is 3.12. The zero-order valence-electron chi connectivity index (χ0n) is 12.7. The fourth-order valence-corrected chi connectivity index (χ4v) is 3.24. The molecule has 116 valence electrons. The summed E-state index contributed by atoms with van der Waals surface area (Å²) in [6, 6.07) is 8.46. The van der Waals surface area contributed by atoms with Crippen molar-refractivity contribution in [3.05, 3.63) is 34.9 Å². The molecule has 0 bridgehead atoms. The number of rotatable bonds is 4. The molecule has 1 aromatic rings. The van der Waals surface area contributed by atoms with Crippen LogP contribution in [0.3, 0.4) is 0 Å². The van der Waals surface area contributed by atoms with Gasteiger partial charge in [0, 0.05) is 43.2 Å². The number of nitrogens with one attached hydrogen (secondary N) is 1. The molecule has 1 amide bonds. The van der Waals surface area contributed by atoms with Gasteiger partial charge in [0.2, 0.25) is 5.91 Å². The van der Waals surface area contributed by atoms with Gasteiger partial charge in [-0.05, 0) is 37.5 Å². The number of piperidine rings is 1. The maximum Gasteiger partial charge on any atom is 0.217 e. The van der Waals surface area contributed by atoms with E-state index in [4.69, 9.17) is 17.3 Å². The van der Waals surface area contributed by atoms with Crippen LogP contribution in [-0.2, 0) is 4.79 Å². The summed E-state index contributed by atoms with van der Waals surface area (Å²) in [5, 5.41) is 3.75. The first kappa shape index (κ1) is 16.3. The number of amides is 1. The van der Waals surface area contributed by atoms with E-state index in [1.54, 1.807) is 6.92 Å². The molecule has 1 aliphatic rings. The molecule has 3 N–H and O–H groups in total. The molecule has 21 heavy (non-hydrogen) atoms. The molecule has 0 aliphatic carbocycles. The standard InChI is InChI=1S/C16H24ClN3O/c1-11(18)16(13-3-5-14(17)6-4-13)20-9-7-15(8-10-20)19-12(2)21/h3-6,11,15-16H,7-10,18H2,1-2H3,(H,19,21). The van der Waals surface area contributed by atoms with Gasteiger partial charge >= 0.3 is 0 Å². The van der Waals surface area contributed by atoms with Crippen LogP contribution >= 0.6 is 11.6 Å². The Morgan fingerprint density at radius 3 is 2.38 bits per heavy atom. The first-order valence-corrected chi connectivity index (χ1v) is 7.87. The molecular formula is C16H24ClN3O. The molecule has 2 atom stereocenters. The molecule has 2 unspecified atom stereocenters. The van der Waals surface area contributed by atoms with Crippen LogP contribution in [0.15, 0.2) is 24.3 Å². The highest BCUT2D eigenvalue weighted by Gasteiger charge is 2.28. The third kappa shape index (κ3) is 4.43. The maximum absolute atomic E-state index is 11.1. The van der Waals surface area contributed by atoms with Gasteiger partial charge in [-0.25, -0.2) is 0 Å². The highest BCUT2D eigenvalue weighted by Crippen LogP contribution is 2.28. The fraction of sp³-hybridized carbons (Fsp3) is 0.562. The molecule has 4 nitrogen and oxygen atoms in total. The van der Waals surface area contributed by atoms with Crippen molar-refractivity contribution in [1.29, 1.82) is 0 Å². The lowest BCUT2D eigenvalue weighted by atomic mass is 9.95.